The highest BCUT2D eigenvalue weighted by molar-refractivity contribution is 7.13. The molecule has 1 aromatic carbocycles. The van der Waals surface area contributed by atoms with Crippen molar-refractivity contribution in [1.29, 1.82) is 0 Å². The van der Waals surface area contributed by atoms with E-state index in [2.05, 4.69) is 54.9 Å². The minimum Gasteiger partial charge on any atom is -0.313 e. The summed E-state index contributed by atoms with van der Waals surface area (Å²) in [5.74, 6) is 0. The van der Waals surface area contributed by atoms with E-state index in [4.69, 9.17) is 0 Å². The molecule has 0 saturated heterocycles. The predicted octanol–water partition coefficient (Wildman–Crippen LogP) is 4.22. The van der Waals surface area contributed by atoms with Gasteiger partial charge in [0.25, 0.3) is 0 Å². The highest BCUT2D eigenvalue weighted by Gasteiger charge is 2.02. The molecule has 1 N–H and O–H groups in total. The van der Waals surface area contributed by atoms with Gasteiger partial charge < -0.3 is 5.32 Å². The van der Waals surface area contributed by atoms with E-state index in [-0.39, 0.29) is 0 Å². The van der Waals surface area contributed by atoms with Crippen LogP contribution < -0.4 is 5.32 Å². The molecule has 1 nitrogen and oxygen atoms in total. The molecule has 0 atom stereocenters. The summed E-state index contributed by atoms with van der Waals surface area (Å²) in [6, 6.07) is 11.1. The molecule has 0 bridgehead atoms. The maximum atomic E-state index is 3.42. The first-order valence-corrected chi connectivity index (χ1v) is 7.03. The van der Waals surface area contributed by atoms with Gasteiger partial charge in [-0.25, -0.2) is 0 Å². The summed E-state index contributed by atoms with van der Waals surface area (Å²) in [4.78, 5) is 1.39. The summed E-state index contributed by atoms with van der Waals surface area (Å²) in [5, 5.41) is 5.57. The molecule has 0 unspecified atom stereocenters. The lowest BCUT2D eigenvalue weighted by atomic mass is 10.1. The zero-order valence-electron chi connectivity index (χ0n) is 10.5. The molecule has 0 aliphatic carbocycles. The van der Waals surface area contributed by atoms with Crippen molar-refractivity contribution in [3.63, 3.8) is 0 Å². The van der Waals surface area contributed by atoms with E-state index in [9.17, 15) is 0 Å². The van der Waals surface area contributed by atoms with E-state index in [1.807, 2.05) is 11.3 Å². The van der Waals surface area contributed by atoms with Crippen molar-refractivity contribution in [3.05, 3.63) is 46.8 Å². The molecule has 0 spiro atoms. The Balaban J connectivity index is 2.06. The molecule has 0 fully saturated rings. The fraction of sp³-hybridized carbons (Fsp3) is 0.333. The van der Waals surface area contributed by atoms with Crippen LogP contribution in [0, 0.1) is 6.92 Å². The molecule has 2 heteroatoms. The summed E-state index contributed by atoms with van der Waals surface area (Å²) in [5.41, 5.74) is 4.06. The second-order valence-electron chi connectivity index (χ2n) is 4.31. The largest absolute Gasteiger partial charge is 0.313 e. The van der Waals surface area contributed by atoms with Crippen LogP contribution in [0.2, 0.25) is 0 Å². The van der Waals surface area contributed by atoms with Crippen LogP contribution in [0.25, 0.3) is 10.4 Å². The molecular weight excluding hydrogens is 226 g/mol. The number of thiophene rings is 1. The average Bonchev–Trinajstić information content (AvgIpc) is 2.77. The quantitative estimate of drug-likeness (QED) is 0.778. The average molecular weight is 245 g/mol. The van der Waals surface area contributed by atoms with Crippen molar-refractivity contribution in [3.8, 4) is 10.4 Å². The topological polar surface area (TPSA) is 12.0 Å². The van der Waals surface area contributed by atoms with Crippen molar-refractivity contribution in [2.75, 3.05) is 6.54 Å². The minimum absolute atomic E-state index is 0.970. The molecule has 17 heavy (non-hydrogen) atoms. The SMILES string of the molecule is CCCNCc1ccc(-c2sccc2C)cc1. The molecule has 0 saturated carbocycles. The van der Waals surface area contributed by atoms with Gasteiger partial charge in [0.05, 0.1) is 0 Å². The Morgan fingerprint density at radius 1 is 1.12 bits per heavy atom. The number of nitrogens with one attached hydrogen (secondary N) is 1. The van der Waals surface area contributed by atoms with Crippen LogP contribution in [-0.2, 0) is 6.54 Å². The van der Waals surface area contributed by atoms with E-state index >= 15 is 0 Å². The van der Waals surface area contributed by atoms with Crippen molar-refractivity contribution in [2.24, 2.45) is 0 Å². The minimum atomic E-state index is 0.970. The molecule has 1 heterocycles. The van der Waals surface area contributed by atoms with Gasteiger partial charge in [0.2, 0.25) is 0 Å². The second kappa shape index (κ2) is 5.99. The summed E-state index contributed by atoms with van der Waals surface area (Å²) in [6.45, 7) is 6.42. The predicted molar refractivity (Wildman–Crippen MR) is 76.5 cm³/mol. The van der Waals surface area contributed by atoms with E-state index < -0.39 is 0 Å². The molecule has 0 aliphatic rings. The van der Waals surface area contributed by atoms with Crippen LogP contribution in [0.15, 0.2) is 35.7 Å². The van der Waals surface area contributed by atoms with Gasteiger partial charge in [0, 0.05) is 11.4 Å². The highest BCUT2D eigenvalue weighted by Crippen LogP contribution is 2.28. The molecule has 0 amide bonds. The standard InChI is InChI=1S/C15H19NS/c1-3-9-16-11-13-4-6-14(7-5-13)15-12(2)8-10-17-15/h4-8,10,16H,3,9,11H2,1-2H3. The van der Waals surface area contributed by atoms with Gasteiger partial charge in [-0.3, -0.25) is 0 Å². The molecule has 0 aliphatic heterocycles. The van der Waals surface area contributed by atoms with E-state index in [1.54, 1.807) is 0 Å². The van der Waals surface area contributed by atoms with Gasteiger partial charge >= 0.3 is 0 Å². The summed E-state index contributed by atoms with van der Waals surface area (Å²) < 4.78 is 0. The van der Waals surface area contributed by atoms with Crippen LogP contribution in [0.4, 0.5) is 0 Å². The number of hydrogen-bond donors (Lipinski definition) is 1. The second-order valence-corrected chi connectivity index (χ2v) is 5.22. The first-order chi connectivity index (χ1) is 8.31. The van der Waals surface area contributed by atoms with E-state index in [1.165, 1.54) is 28.0 Å². The Morgan fingerprint density at radius 2 is 1.88 bits per heavy atom. The highest BCUT2D eigenvalue weighted by atomic mass is 32.1. The Bertz CT molecular complexity index is 456. The third-order valence-electron chi connectivity index (χ3n) is 2.83. The summed E-state index contributed by atoms with van der Waals surface area (Å²) in [6.07, 6.45) is 1.19. The van der Waals surface area contributed by atoms with Crippen molar-refractivity contribution in [2.45, 2.75) is 26.8 Å². The maximum absolute atomic E-state index is 3.42. The van der Waals surface area contributed by atoms with Gasteiger partial charge in [0.1, 0.15) is 0 Å². The van der Waals surface area contributed by atoms with Crippen LogP contribution in [0.5, 0.6) is 0 Å². The van der Waals surface area contributed by atoms with Crippen molar-refractivity contribution in [1.82, 2.24) is 5.32 Å². The Kier molecular flexibility index (Phi) is 4.35. The zero-order chi connectivity index (χ0) is 12.1. The van der Waals surface area contributed by atoms with Gasteiger partial charge in [-0.15, -0.1) is 11.3 Å². The normalized spacial score (nSPS) is 10.7. The third-order valence-corrected chi connectivity index (χ3v) is 3.90. The van der Waals surface area contributed by atoms with Crippen LogP contribution in [-0.4, -0.2) is 6.54 Å². The monoisotopic (exact) mass is 245 g/mol. The fourth-order valence-corrected chi connectivity index (χ4v) is 2.79. The van der Waals surface area contributed by atoms with Crippen molar-refractivity contribution >= 4 is 11.3 Å². The third kappa shape index (κ3) is 3.18. The molecular formula is C15H19NS. The first-order valence-electron chi connectivity index (χ1n) is 6.15. The number of benzene rings is 1. The Morgan fingerprint density at radius 3 is 2.47 bits per heavy atom. The zero-order valence-corrected chi connectivity index (χ0v) is 11.3. The Labute approximate surface area is 108 Å². The van der Waals surface area contributed by atoms with E-state index in [0.717, 1.165) is 13.1 Å². The van der Waals surface area contributed by atoms with Crippen LogP contribution in [0.3, 0.4) is 0 Å². The smallest absolute Gasteiger partial charge is 0.0371 e. The van der Waals surface area contributed by atoms with Gasteiger partial charge in [-0.1, -0.05) is 31.2 Å². The van der Waals surface area contributed by atoms with Gasteiger partial charge in [0.15, 0.2) is 0 Å². The first kappa shape index (κ1) is 12.3. The van der Waals surface area contributed by atoms with Crippen LogP contribution >= 0.6 is 11.3 Å². The molecule has 2 rings (SSSR count). The van der Waals surface area contributed by atoms with Gasteiger partial charge in [-0.2, -0.15) is 0 Å². The number of hydrogen-bond acceptors (Lipinski definition) is 2. The summed E-state index contributed by atoms with van der Waals surface area (Å²) >= 11 is 1.81. The molecule has 0 radical (unpaired) electrons. The fourth-order valence-electron chi connectivity index (χ4n) is 1.85. The van der Waals surface area contributed by atoms with Gasteiger partial charge in [-0.05, 0) is 48.0 Å². The van der Waals surface area contributed by atoms with Crippen molar-refractivity contribution < 1.29 is 0 Å². The molecule has 90 valence electrons. The lowest BCUT2D eigenvalue weighted by Gasteiger charge is -2.05. The lowest BCUT2D eigenvalue weighted by Crippen LogP contribution is -2.13. The number of rotatable bonds is 5. The Hall–Kier alpha value is -1.12. The van der Waals surface area contributed by atoms with E-state index in [0.29, 0.717) is 0 Å². The van der Waals surface area contributed by atoms with Crippen LogP contribution in [0.1, 0.15) is 24.5 Å². The molecule has 2 aromatic rings. The number of aryl methyl sites for hydroxylation is 1. The molecule has 1 aromatic heterocycles. The summed E-state index contributed by atoms with van der Waals surface area (Å²) in [7, 11) is 0. The lowest BCUT2D eigenvalue weighted by molar-refractivity contribution is 0.675. The maximum Gasteiger partial charge on any atom is 0.0371 e.